The van der Waals surface area contributed by atoms with Crippen LogP contribution in [0.5, 0.6) is 0 Å². The van der Waals surface area contributed by atoms with Crippen molar-refractivity contribution in [3.05, 3.63) is 0 Å². The van der Waals surface area contributed by atoms with E-state index >= 15 is 0 Å². The number of unbranched alkanes of at least 4 members (excludes halogenated alkanes) is 2. The molecule has 3 N–H and O–H groups in total. The van der Waals surface area contributed by atoms with Gasteiger partial charge in [0, 0.05) is 19.8 Å². The maximum absolute atomic E-state index is 11.1. The van der Waals surface area contributed by atoms with E-state index in [0.29, 0.717) is 13.2 Å². The standard InChI is InChI=1S/C16H35NO7S/c1-3-5-8-23-13-15(11-18)17(7-10-25(20,21)22)16(12-19)14-24-9-6-4-2/h15-16,18-19H,3-14H2,1-2H3,(H,20,21,22). The Balaban J connectivity index is 4.86. The number of rotatable bonds is 17. The first-order valence-electron chi connectivity index (χ1n) is 8.97. The van der Waals surface area contributed by atoms with Crippen LogP contribution in [0.1, 0.15) is 39.5 Å². The lowest BCUT2D eigenvalue weighted by Crippen LogP contribution is -2.52. The summed E-state index contributed by atoms with van der Waals surface area (Å²) in [6.45, 7) is 5.10. The largest absolute Gasteiger partial charge is 0.395 e. The quantitative estimate of drug-likeness (QED) is 0.245. The topological polar surface area (TPSA) is 117 Å². The summed E-state index contributed by atoms with van der Waals surface area (Å²) >= 11 is 0. The van der Waals surface area contributed by atoms with Crippen LogP contribution < -0.4 is 0 Å². The van der Waals surface area contributed by atoms with E-state index in [0.717, 1.165) is 25.7 Å². The number of nitrogens with zero attached hydrogens (tertiary/aromatic N) is 1. The summed E-state index contributed by atoms with van der Waals surface area (Å²) in [6.07, 6.45) is 3.76. The fourth-order valence-electron chi connectivity index (χ4n) is 2.32. The van der Waals surface area contributed by atoms with E-state index in [9.17, 15) is 18.6 Å². The molecule has 0 amide bonds. The molecule has 25 heavy (non-hydrogen) atoms. The molecule has 0 aliphatic rings. The van der Waals surface area contributed by atoms with Crippen LogP contribution in [0.3, 0.4) is 0 Å². The summed E-state index contributed by atoms with van der Waals surface area (Å²) in [6, 6.07) is -0.962. The van der Waals surface area contributed by atoms with Crippen LogP contribution >= 0.6 is 0 Å². The van der Waals surface area contributed by atoms with Crippen LogP contribution in [0, 0.1) is 0 Å². The molecule has 0 bridgehead atoms. The first-order valence-corrected chi connectivity index (χ1v) is 10.6. The number of aliphatic hydroxyl groups excluding tert-OH is 2. The molecule has 0 rings (SSSR count). The molecular formula is C16H35NO7S. The molecule has 0 saturated carbocycles. The smallest absolute Gasteiger partial charge is 0.266 e. The molecule has 0 fully saturated rings. The SMILES string of the molecule is CCCCOCC(CO)N(CCS(=O)(=O)O)C(CO)COCCCC. The summed E-state index contributed by atoms with van der Waals surface area (Å²) in [5.41, 5.74) is 0. The van der Waals surface area contributed by atoms with Crippen LogP contribution in [-0.4, -0.2) is 92.1 Å². The number of hydrogen-bond donors (Lipinski definition) is 3. The predicted molar refractivity (Wildman–Crippen MR) is 96.3 cm³/mol. The van der Waals surface area contributed by atoms with Crippen molar-refractivity contribution >= 4 is 10.1 Å². The summed E-state index contributed by atoms with van der Waals surface area (Å²) < 4.78 is 42.3. The molecule has 0 saturated heterocycles. The highest BCUT2D eigenvalue weighted by Gasteiger charge is 2.27. The third kappa shape index (κ3) is 12.7. The minimum Gasteiger partial charge on any atom is -0.395 e. The third-order valence-electron chi connectivity index (χ3n) is 3.87. The first-order chi connectivity index (χ1) is 11.9. The lowest BCUT2D eigenvalue weighted by Gasteiger charge is -2.36. The molecular weight excluding hydrogens is 350 g/mol. The molecule has 0 aliphatic heterocycles. The van der Waals surface area contributed by atoms with Crippen molar-refractivity contribution in [1.29, 1.82) is 0 Å². The van der Waals surface area contributed by atoms with Crippen LogP contribution in [0.25, 0.3) is 0 Å². The van der Waals surface area contributed by atoms with Crippen molar-refractivity contribution in [2.24, 2.45) is 0 Å². The lowest BCUT2D eigenvalue weighted by molar-refractivity contribution is -0.0287. The van der Waals surface area contributed by atoms with E-state index < -0.39 is 28.0 Å². The van der Waals surface area contributed by atoms with Crippen molar-refractivity contribution < 1.29 is 32.7 Å². The van der Waals surface area contributed by atoms with E-state index in [4.69, 9.17) is 14.0 Å². The molecule has 0 spiro atoms. The van der Waals surface area contributed by atoms with E-state index in [1.165, 1.54) is 0 Å². The van der Waals surface area contributed by atoms with Crippen molar-refractivity contribution in [1.82, 2.24) is 4.90 Å². The highest BCUT2D eigenvalue weighted by molar-refractivity contribution is 7.85. The second-order valence-electron chi connectivity index (χ2n) is 6.05. The van der Waals surface area contributed by atoms with Gasteiger partial charge in [-0.05, 0) is 12.8 Å². The highest BCUT2D eigenvalue weighted by Crippen LogP contribution is 2.09. The Morgan fingerprint density at radius 1 is 0.920 bits per heavy atom. The molecule has 152 valence electrons. The van der Waals surface area contributed by atoms with Crippen LogP contribution in [0.2, 0.25) is 0 Å². The van der Waals surface area contributed by atoms with Gasteiger partial charge in [0.05, 0.1) is 44.3 Å². The van der Waals surface area contributed by atoms with Gasteiger partial charge in [0.2, 0.25) is 0 Å². The first kappa shape index (κ1) is 24.7. The number of ether oxygens (including phenoxy) is 2. The summed E-state index contributed by atoms with van der Waals surface area (Å²) in [5.74, 6) is -0.482. The molecule has 0 heterocycles. The van der Waals surface area contributed by atoms with E-state index in [2.05, 4.69) is 0 Å². The van der Waals surface area contributed by atoms with E-state index in [1.807, 2.05) is 13.8 Å². The Morgan fingerprint density at radius 2 is 1.36 bits per heavy atom. The minimum atomic E-state index is -4.15. The minimum absolute atomic E-state index is 0.0242. The Hall–Kier alpha value is -0.290. The van der Waals surface area contributed by atoms with Crippen LogP contribution in [0.15, 0.2) is 0 Å². The normalized spacial score (nSPS) is 14.8. The zero-order valence-corrected chi connectivity index (χ0v) is 16.3. The molecule has 0 aromatic carbocycles. The zero-order valence-electron chi connectivity index (χ0n) is 15.5. The van der Waals surface area contributed by atoms with Crippen LogP contribution in [-0.2, 0) is 19.6 Å². The Morgan fingerprint density at radius 3 is 1.68 bits per heavy atom. The molecule has 9 heteroatoms. The van der Waals surface area contributed by atoms with E-state index in [1.54, 1.807) is 4.90 Å². The van der Waals surface area contributed by atoms with Gasteiger partial charge in [0.15, 0.2) is 0 Å². The fraction of sp³-hybridized carbons (Fsp3) is 1.00. The van der Waals surface area contributed by atoms with E-state index in [-0.39, 0.29) is 33.0 Å². The van der Waals surface area contributed by atoms with Crippen molar-refractivity contribution in [2.75, 3.05) is 51.9 Å². The molecule has 0 radical (unpaired) electrons. The van der Waals surface area contributed by atoms with Crippen molar-refractivity contribution in [2.45, 2.75) is 51.6 Å². The zero-order chi connectivity index (χ0) is 19.1. The maximum atomic E-state index is 11.1. The average Bonchev–Trinajstić information content (AvgIpc) is 2.57. The summed E-state index contributed by atoms with van der Waals surface area (Å²) in [5, 5.41) is 19.4. The second-order valence-corrected chi connectivity index (χ2v) is 7.63. The molecule has 0 aliphatic carbocycles. The summed E-state index contributed by atoms with van der Waals surface area (Å²) in [4.78, 5) is 1.64. The Kier molecular flexibility index (Phi) is 14.7. The number of aliphatic hydroxyl groups is 2. The fourth-order valence-corrected chi connectivity index (χ4v) is 2.76. The van der Waals surface area contributed by atoms with Gasteiger partial charge in [-0.2, -0.15) is 8.42 Å². The monoisotopic (exact) mass is 385 g/mol. The molecule has 8 nitrogen and oxygen atoms in total. The van der Waals surface area contributed by atoms with Crippen molar-refractivity contribution in [3.8, 4) is 0 Å². The molecule has 2 atom stereocenters. The van der Waals surface area contributed by atoms with Gasteiger partial charge in [-0.25, -0.2) is 0 Å². The molecule has 0 aromatic heterocycles. The van der Waals surface area contributed by atoms with Gasteiger partial charge in [-0.1, -0.05) is 26.7 Å². The molecule has 2 unspecified atom stereocenters. The van der Waals surface area contributed by atoms with Gasteiger partial charge < -0.3 is 19.7 Å². The molecule has 0 aromatic rings. The maximum Gasteiger partial charge on any atom is 0.266 e. The van der Waals surface area contributed by atoms with Gasteiger partial charge in [0.25, 0.3) is 10.1 Å². The third-order valence-corrected chi connectivity index (χ3v) is 4.57. The van der Waals surface area contributed by atoms with Gasteiger partial charge >= 0.3 is 0 Å². The second kappa shape index (κ2) is 14.8. The lowest BCUT2D eigenvalue weighted by atomic mass is 10.2. The number of hydrogen-bond acceptors (Lipinski definition) is 7. The average molecular weight is 386 g/mol. The van der Waals surface area contributed by atoms with Crippen LogP contribution in [0.4, 0.5) is 0 Å². The summed E-state index contributed by atoms with van der Waals surface area (Å²) in [7, 11) is -4.15. The van der Waals surface area contributed by atoms with Crippen molar-refractivity contribution in [3.63, 3.8) is 0 Å². The highest BCUT2D eigenvalue weighted by atomic mass is 32.2. The van der Waals surface area contributed by atoms with Gasteiger partial charge in [-0.3, -0.25) is 9.45 Å². The Bertz CT molecular complexity index is 385. The van der Waals surface area contributed by atoms with Gasteiger partial charge in [0.1, 0.15) is 0 Å². The Labute approximate surface area is 151 Å². The van der Waals surface area contributed by atoms with Gasteiger partial charge in [-0.15, -0.1) is 0 Å². The predicted octanol–water partition coefficient (Wildman–Crippen LogP) is 0.531.